The van der Waals surface area contributed by atoms with Crippen molar-refractivity contribution in [2.45, 2.75) is 96.2 Å². The zero-order valence-electron chi connectivity index (χ0n) is 28.1. The van der Waals surface area contributed by atoms with Crippen LogP contribution in [-0.4, -0.2) is 70.9 Å². The number of methoxy groups -OCH3 is 1. The number of nitrogens with zero attached hydrogens (tertiary/aromatic N) is 4. The Labute approximate surface area is 282 Å². The van der Waals surface area contributed by atoms with Crippen LogP contribution in [0, 0.1) is 18.8 Å². The minimum absolute atomic E-state index is 0.116. The smallest absolute Gasteiger partial charge is 0.410 e. The van der Waals surface area contributed by atoms with Crippen LogP contribution in [0.2, 0.25) is 0 Å². The molecule has 2 saturated carbocycles. The molecular formula is C37H48N4O5S. The van der Waals surface area contributed by atoms with Gasteiger partial charge in [-0.2, -0.15) is 0 Å². The molecular weight excluding hydrogens is 612 g/mol. The summed E-state index contributed by atoms with van der Waals surface area (Å²) in [6.45, 7) is 7.71. The molecule has 0 atom stereocenters. The van der Waals surface area contributed by atoms with Crippen molar-refractivity contribution in [3.63, 3.8) is 0 Å². The van der Waals surface area contributed by atoms with E-state index in [1.54, 1.807) is 18.4 Å². The molecule has 1 N–H and O–H groups in total. The highest BCUT2D eigenvalue weighted by Gasteiger charge is 2.36. The summed E-state index contributed by atoms with van der Waals surface area (Å²) in [7, 11) is 1.71. The SMILES string of the molecule is COc1ccc([C@H]2CC[C@H](CN(c3cc(-c4cnc(C(C)C)s4)ccn3)C(=O)[C@H]3CC[C@H](OC(=O)N4CC(O)C4)CC3)CC2)cc1C. The fourth-order valence-electron chi connectivity index (χ4n) is 7.27. The van der Waals surface area contributed by atoms with E-state index in [0.29, 0.717) is 68.9 Å². The van der Waals surface area contributed by atoms with Crippen LogP contribution in [0.3, 0.4) is 0 Å². The first-order valence-corrected chi connectivity index (χ1v) is 18.0. The van der Waals surface area contributed by atoms with Crippen molar-refractivity contribution in [3.05, 3.63) is 58.9 Å². The third-order valence-electron chi connectivity index (χ3n) is 10.2. The molecule has 47 heavy (non-hydrogen) atoms. The number of aliphatic hydroxyl groups is 1. The number of amides is 2. The van der Waals surface area contributed by atoms with Gasteiger partial charge in [-0.1, -0.05) is 26.0 Å². The monoisotopic (exact) mass is 660 g/mol. The predicted octanol–water partition coefficient (Wildman–Crippen LogP) is 7.32. The van der Waals surface area contributed by atoms with Crippen LogP contribution in [-0.2, 0) is 9.53 Å². The van der Waals surface area contributed by atoms with Gasteiger partial charge in [-0.15, -0.1) is 11.3 Å². The number of aliphatic hydroxyl groups excluding tert-OH is 1. The fraction of sp³-hybridized carbons (Fsp3) is 0.568. The number of hydrogen-bond donors (Lipinski definition) is 1. The Kier molecular flexibility index (Phi) is 10.5. The summed E-state index contributed by atoms with van der Waals surface area (Å²) in [4.78, 5) is 40.7. The van der Waals surface area contributed by atoms with Gasteiger partial charge in [0.05, 0.1) is 36.2 Å². The van der Waals surface area contributed by atoms with Gasteiger partial charge in [0.2, 0.25) is 5.91 Å². The molecule has 2 aliphatic carbocycles. The zero-order chi connectivity index (χ0) is 33.1. The van der Waals surface area contributed by atoms with Gasteiger partial charge in [0.1, 0.15) is 17.7 Å². The molecule has 2 amide bonds. The maximum Gasteiger partial charge on any atom is 0.410 e. The van der Waals surface area contributed by atoms with E-state index in [1.807, 2.05) is 23.4 Å². The van der Waals surface area contributed by atoms with Crippen LogP contribution in [0.15, 0.2) is 42.7 Å². The lowest BCUT2D eigenvalue weighted by atomic mass is 9.78. The Morgan fingerprint density at radius 3 is 2.40 bits per heavy atom. The Morgan fingerprint density at radius 1 is 1.02 bits per heavy atom. The van der Waals surface area contributed by atoms with Gasteiger partial charge in [0, 0.05) is 30.8 Å². The van der Waals surface area contributed by atoms with E-state index in [-0.39, 0.29) is 24.0 Å². The van der Waals surface area contributed by atoms with Crippen LogP contribution in [0.1, 0.15) is 93.2 Å². The van der Waals surface area contributed by atoms with Crippen LogP contribution in [0.4, 0.5) is 10.6 Å². The molecule has 252 valence electrons. The molecule has 0 bridgehead atoms. The first-order valence-electron chi connectivity index (χ1n) is 17.2. The van der Waals surface area contributed by atoms with Crippen molar-refractivity contribution in [1.29, 1.82) is 0 Å². The van der Waals surface area contributed by atoms with Gasteiger partial charge < -0.3 is 19.5 Å². The number of anilines is 1. The Morgan fingerprint density at radius 2 is 1.77 bits per heavy atom. The fourth-order valence-corrected chi connectivity index (χ4v) is 8.18. The number of benzene rings is 1. The van der Waals surface area contributed by atoms with Gasteiger partial charge in [-0.3, -0.25) is 9.69 Å². The maximum absolute atomic E-state index is 14.3. The standard InChI is InChI=1S/C37H48N4O5S/c1-23(2)35-39-19-33(47-35)29-15-16-38-34(18-29)41(20-25-5-7-26(8-6-25)28-11-14-32(45-4)24(3)17-28)36(43)27-9-12-31(13-10-27)46-37(44)40-21-30(42)22-40/h11,14-19,23,25-27,30-31,42H,5-10,12-13,20-22H2,1-4H3/t25-,26-,27-,31-. The molecule has 3 fully saturated rings. The summed E-state index contributed by atoms with van der Waals surface area (Å²) in [6, 6.07) is 10.6. The maximum atomic E-state index is 14.3. The van der Waals surface area contributed by atoms with Crippen LogP contribution >= 0.6 is 11.3 Å². The summed E-state index contributed by atoms with van der Waals surface area (Å²) in [6.07, 6.45) is 9.68. The summed E-state index contributed by atoms with van der Waals surface area (Å²) in [5.74, 6) is 2.86. The number of aryl methyl sites for hydroxylation is 1. The number of likely N-dealkylation sites (tertiary alicyclic amines) is 1. The molecule has 1 aliphatic heterocycles. The summed E-state index contributed by atoms with van der Waals surface area (Å²) >= 11 is 1.69. The number of pyridine rings is 1. The van der Waals surface area contributed by atoms with E-state index in [0.717, 1.165) is 46.9 Å². The van der Waals surface area contributed by atoms with Crippen molar-refractivity contribution in [1.82, 2.24) is 14.9 Å². The number of thiazole rings is 1. The van der Waals surface area contributed by atoms with E-state index < -0.39 is 6.10 Å². The highest BCUT2D eigenvalue weighted by Crippen LogP contribution is 2.39. The molecule has 3 aromatic rings. The molecule has 10 heteroatoms. The summed E-state index contributed by atoms with van der Waals surface area (Å²) in [5, 5.41) is 10.6. The number of aromatic nitrogens is 2. The average molecular weight is 661 g/mol. The van der Waals surface area contributed by atoms with Gasteiger partial charge in [-0.25, -0.2) is 14.8 Å². The van der Waals surface area contributed by atoms with Gasteiger partial charge in [0.25, 0.3) is 0 Å². The average Bonchev–Trinajstić information content (AvgIpc) is 3.57. The van der Waals surface area contributed by atoms with E-state index in [9.17, 15) is 14.7 Å². The Bertz CT molecular complexity index is 1540. The molecule has 1 aromatic carbocycles. The normalized spacial score (nSPS) is 23.3. The minimum atomic E-state index is -0.455. The van der Waals surface area contributed by atoms with E-state index in [1.165, 1.54) is 16.0 Å². The number of carbonyl (C=O) groups is 2. The molecule has 0 spiro atoms. The molecule has 0 unspecified atom stereocenters. The van der Waals surface area contributed by atoms with Gasteiger partial charge >= 0.3 is 6.09 Å². The first kappa shape index (κ1) is 33.4. The summed E-state index contributed by atoms with van der Waals surface area (Å²) in [5.41, 5.74) is 3.57. The lowest BCUT2D eigenvalue weighted by molar-refractivity contribution is -0.124. The Balaban J connectivity index is 1.15. The molecule has 2 aromatic heterocycles. The molecule has 9 nitrogen and oxygen atoms in total. The minimum Gasteiger partial charge on any atom is -0.496 e. The lowest BCUT2D eigenvalue weighted by Gasteiger charge is -2.38. The second-order valence-electron chi connectivity index (χ2n) is 13.9. The molecule has 6 rings (SSSR count). The van der Waals surface area contributed by atoms with Crippen molar-refractivity contribution >= 4 is 29.2 Å². The lowest BCUT2D eigenvalue weighted by Crippen LogP contribution is -2.54. The van der Waals surface area contributed by atoms with E-state index in [4.69, 9.17) is 14.5 Å². The second-order valence-corrected chi connectivity index (χ2v) is 15.0. The number of ether oxygens (including phenoxy) is 2. The molecule has 0 radical (unpaired) electrons. The number of carbonyl (C=O) groups excluding carboxylic acids is 2. The van der Waals surface area contributed by atoms with Crippen LogP contribution < -0.4 is 9.64 Å². The van der Waals surface area contributed by atoms with Crippen LogP contribution in [0.5, 0.6) is 5.75 Å². The van der Waals surface area contributed by atoms with Crippen LogP contribution in [0.25, 0.3) is 10.4 Å². The van der Waals surface area contributed by atoms with Gasteiger partial charge in [-0.05, 0) is 105 Å². The van der Waals surface area contributed by atoms with E-state index >= 15 is 0 Å². The predicted molar refractivity (Wildman–Crippen MR) is 184 cm³/mol. The van der Waals surface area contributed by atoms with Crippen molar-refractivity contribution < 1.29 is 24.2 Å². The quantitative estimate of drug-likeness (QED) is 0.256. The van der Waals surface area contributed by atoms with Gasteiger partial charge in [0.15, 0.2) is 0 Å². The van der Waals surface area contributed by atoms with Crippen molar-refractivity contribution in [2.75, 3.05) is 31.6 Å². The van der Waals surface area contributed by atoms with E-state index in [2.05, 4.69) is 50.0 Å². The number of rotatable bonds is 9. The second kappa shape index (κ2) is 14.7. The topological polar surface area (TPSA) is 105 Å². The first-order chi connectivity index (χ1) is 22.7. The third kappa shape index (κ3) is 7.81. The largest absolute Gasteiger partial charge is 0.496 e. The number of β-amino-alcohol motifs (C(OH)–C–C–N with tert-alkyl or cyclic N) is 1. The zero-order valence-corrected chi connectivity index (χ0v) is 28.9. The number of hydrogen-bond acceptors (Lipinski definition) is 8. The molecule has 3 heterocycles. The Hall–Kier alpha value is -3.50. The molecule has 3 aliphatic rings. The highest BCUT2D eigenvalue weighted by atomic mass is 32.1. The third-order valence-corrected chi connectivity index (χ3v) is 11.5. The van der Waals surface area contributed by atoms with Crippen molar-refractivity contribution in [3.8, 4) is 16.2 Å². The van der Waals surface area contributed by atoms with Crippen molar-refractivity contribution in [2.24, 2.45) is 11.8 Å². The molecule has 1 saturated heterocycles. The summed E-state index contributed by atoms with van der Waals surface area (Å²) < 4.78 is 11.2. The highest BCUT2D eigenvalue weighted by molar-refractivity contribution is 7.15.